The fraction of sp³-hybridized carbons (Fsp3) is 0.438. The molecule has 1 aromatic heterocycles. The molecule has 6 nitrogen and oxygen atoms in total. The van der Waals surface area contributed by atoms with Crippen LogP contribution in [0.3, 0.4) is 0 Å². The van der Waals surface area contributed by atoms with Gasteiger partial charge in [-0.3, -0.25) is 9.59 Å². The summed E-state index contributed by atoms with van der Waals surface area (Å²) in [7, 11) is 0. The van der Waals surface area contributed by atoms with Crippen molar-refractivity contribution < 1.29 is 14.6 Å². The van der Waals surface area contributed by atoms with Gasteiger partial charge in [0.25, 0.3) is 5.56 Å². The minimum Gasteiger partial charge on any atom is -0.481 e. The zero-order chi connectivity index (χ0) is 15.5. The highest BCUT2D eigenvalue weighted by Crippen LogP contribution is 2.16. The molecule has 0 aliphatic carbocycles. The van der Waals surface area contributed by atoms with E-state index in [1.54, 1.807) is 24.3 Å². The Balaban J connectivity index is 2.03. The topological polar surface area (TPSA) is 81.4 Å². The van der Waals surface area contributed by atoms with Crippen molar-refractivity contribution in [2.45, 2.75) is 38.3 Å². The minimum absolute atomic E-state index is 0.0298. The van der Waals surface area contributed by atoms with Gasteiger partial charge in [-0.15, -0.1) is 0 Å². The number of nitrogens with zero attached hydrogens (tertiary/aromatic N) is 2. The summed E-state index contributed by atoms with van der Waals surface area (Å²) in [5.74, 6) is -0.961. The molecule has 3 rings (SSSR count). The number of hydrogen-bond donors (Lipinski definition) is 1. The van der Waals surface area contributed by atoms with Crippen LogP contribution in [0.2, 0.25) is 0 Å². The zero-order valence-corrected chi connectivity index (χ0v) is 12.2. The van der Waals surface area contributed by atoms with Crippen molar-refractivity contribution in [3.8, 4) is 0 Å². The molecule has 116 valence electrons. The van der Waals surface area contributed by atoms with Crippen LogP contribution in [-0.4, -0.2) is 33.6 Å². The van der Waals surface area contributed by atoms with E-state index in [2.05, 4.69) is 5.10 Å². The molecule has 0 spiro atoms. The van der Waals surface area contributed by atoms with E-state index >= 15 is 0 Å². The molecule has 6 heteroatoms. The average molecular weight is 302 g/mol. The number of aromatic nitrogens is 2. The van der Waals surface area contributed by atoms with Crippen LogP contribution < -0.4 is 5.56 Å². The summed E-state index contributed by atoms with van der Waals surface area (Å²) in [5, 5.41) is 14.4. The Labute approximate surface area is 127 Å². The zero-order valence-electron chi connectivity index (χ0n) is 12.2. The number of fused-ring (bicyclic) bond motifs is 1. The molecule has 1 aromatic carbocycles. The summed E-state index contributed by atoms with van der Waals surface area (Å²) >= 11 is 0. The van der Waals surface area contributed by atoms with Gasteiger partial charge in [-0.05, 0) is 25.3 Å². The average Bonchev–Trinajstić information content (AvgIpc) is 2.52. The van der Waals surface area contributed by atoms with E-state index in [0.29, 0.717) is 29.6 Å². The van der Waals surface area contributed by atoms with E-state index in [-0.39, 0.29) is 18.1 Å². The first-order valence-electron chi connectivity index (χ1n) is 7.47. The highest BCUT2D eigenvalue weighted by molar-refractivity contribution is 5.86. The molecule has 1 unspecified atom stereocenters. The molecule has 1 aliphatic heterocycles. The van der Waals surface area contributed by atoms with Crippen molar-refractivity contribution in [1.82, 2.24) is 9.78 Å². The first-order chi connectivity index (χ1) is 10.6. The Morgan fingerprint density at radius 3 is 2.77 bits per heavy atom. The highest BCUT2D eigenvalue weighted by Gasteiger charge is 2.18. The van der Waals surface area contributed by atoms with Crippen molar-refractivity contribution >= 4 is 16.7 Å². The molecule has 1 N–H and O–H groups in total. The van der Waals surface area contributed by atoms with Crippen LogP contribution in [0.5, 0.6) is 0 Å². The predicted octanol–water partition coefficient (Wildman–Crippen LogP) is 1.59. The maximum Gasteiger partial charge on any atom is 0.309 e. The second-order valence-corrected chi connectivity index (χ2v) is 5.54. The lowest BCUT2D eigenvalue weighted by Gasteiger charge is -2.23. The molecule has 1 atom stereocenters. The van der Waals surface area contributed by atoms with Gasteiger partial charge in [0, 0.05) is 12.0 Å². The molecule has 1 aliphatic rings. The highest BCUT2D eigenvalue weighted by atomic mass is 16.5. The standard InChI is InChI=1S/C16H18N2O4/c19-15(20)9-14-12-6-1-2-7-13(12)16(21)18(17-14)10-11-5-3-4-8-22-11/h1-2,6-7,11H,3-5,8-10H2,(H,19,20). The van der Waals surface area contributed by atoms with Gasteiger partial charge >= 0.3 is 5.97 Å². The summed E-state index contributed by atoms with van der Waals surface area (Å²) in [6.45, 7) is 1.07. The number of carbonyl (C=O) groups is 1. The number of carboxylic acids is 1. The Morgan fingerprint density at radius 1 is 1.32 bits per heavy atom. The fourth-order valence-electron chi connectivity index (χ4n) is 2.85. The Morgan fingerprint density at radius 2 is 2.09 bits per heavy atom. The quantitative estimate of drug-likeness (QED) is 0.927. The molecule has 0 radical (unpaired) electrons. The van der Waals surface area contributed by atoms with E-state index in [4.69, 9.17) is 9.84 Å². The number of hydrogen-bond acceptors (Lipinski definition) is 4. The number of ether oxygens (including phenoxy) is 1. The fourth-order valence-corrected chi connectivity index (χ4v) is 2.85. The van der Waals surface area contributed by atoms with Crippen molar-refractivity contribution in [3.63, 3.8) is 0 Å². The van der Waals surface area contributed by atoms with Gasteiger partial charge in [0.2, 0.25) is 0 Å². The van der Waals surface area contributed by atoms with E-state index in [1.807, 2.05) is 0 Å². The molecule has 1 saturated heterocycles. The minimum atomic E-state index is -0.961. The molecule has 0 amide bonds. The third-order valence-corrected chi connectivity index (χ3v) is 3.91. The van der Waals surface area contributed by atoms with Gasteiger partial charge in [-0.1, -0.05) is 18.2 Å². The van der Waals surface area contributed by atoms with Crippen molar-refractivity contribution in [3.05, 3.63) is 40.3 Å². The molecule has 0 bridgehead atoms. The maximum atomic E-state index is 12.5. The summed E-state index contributed by atoms with van der Waals surface area (Å²) < 4.78 is 7.01. The van der Waals surface area contributed by atoms with E-state index in [1.165, 1.54) is 4.68 Å². The van der Waals surface area contributed by atoms with E-state index < -0.39 is 5.97 Å². The number of aliphatic carboxylic acids is 1. The van der Waals surface area contributed by atoms with Crippen LogP contribution in [-0.2, 0) is 22.5 Å². The largest absolute Gasteiger partial charge is 0.481 e. The third-order valence-electron chi connectivity index (χ3n) is 3.91. The lowest BCUT2D eigenvalue weighted by Crippen LogP contribution is -2.33. The van der Waals surface area contributed by atoms with Crippen LogP contribution in [0.1, 0.15) is 25.0 Å². The van der Waals surface area contributed by atoms with Crippen LogP contribution in [0.4, 0.5) is 0 Å². The maximum absolute atomic E-state index is 12.5. The Kier molecular flexibility index (Phi) is 4.20. The van der Waals surface area contributed by atoms with E-state index in [9.17, 15) is 9.59 Å². The second-order valence-electron chi connectivity index (χ2n) is 5.54. The molecule has 2 aromatic rings. The van der Waals surface area contributed by atoms with Crippen LogP contribution in [0.25, 0.3) is 10.8 Å². The van der Waals surface area contributed by atoms with Crippen molar-refractivity contribution in [1.29, 1.82) is 0 Å². The molecule has 22 heavy (non-hydrogen) atoms. The smallest absolute Gasteiger partial charge is 0.309 e. The Bertz CT molecular complexity index is 747. The second kappa shape index (κ2) is 6.27. The molecule has 0 saturated carbocycles. The van der Waals surface area contributed by atoms with Gasteiger partial charge in [0.1, 0.15) is 0 Å². The summed E-state index contributed by atoms with van der Waals surface area (Å²) in [4.78, 5) is 23.6. The van der Waals surface area contributed by atoms with Gasteiger partial charge in [-0.2, -0.15) is 5.10 Å². The predicted molar refractivity (Wildman–Crippen MR) is 80.9 cm³/mol. The lowest BCUT2D eigenvalue weighted by atomic mass is 10.1. The normalized spacial score (nSPS) is 18.5. The molecular weight excluding hydrogens is 284 g/mol. The monoisotopic (exact) mass is 302 g/mol. The molecular formula is C16H18N2O4. The summed E-state index contributed by atoms with van der Waals surface area (Å²) in [6, 6.07) is 7.01. The van der Waals surface area contributed by atoms with E-state index in [0.717, 1.165) is 19.3 Å². The Hall–Kier alpha value is -2.21. The van der Waals surface area contributed by atoms with Crippen molar-refractivity contribution in [2.24, 2.45) is 0 Å². The van der Waals surface area contributed by atoms with Gasteiger partial charge in [0.05, 0.1) is 30.1 Å². The number of benzene rings is 1. The first kappa shape index (κ1) is 14.7. The molecule has 2 heterocycles. The van der Waals surface area contributed by atoms with Crippen molar-refractivity contribution in [2.75, 3.05) is 6.61 Å². The SMILES string of the molecule is O=C(O)Cc1nn(CC2CCCCO2)c(=O)c2ccccc12. The first-order valence-corrected chi connectivity index (χ1v) is 7.47. The molecule has 1 fully saturated rings. The summed E-state index contributed by atoms with van der Waals surface area (Å²) in [5.41, 5.74) is 0.220. The number of carboxylic acid groups (broad SMARTS) is 1. The number of rotatable bonds is 4. The van der Waals surface area contributed by atoms with Gasteiger partial charge in [-0.25, -0.2) is 4.68 Å². The third kappa shape index (κ3) is 3.01. The van der Waals surface area contributed by atoms with Crippen LogP contribution in [0, 0.1) is 0 Å². The van der Waals surface area contributed by atoms with Crippen LogP contribution in [0.15, 0.2) is 29.1 Å². The van der Waals surface area contributed by atoms with Gasteiger partial charge < -0.3 is 9.84 Å². The van der Waals surface area contributed by atoms with Crippen LogP contribution >= 0.6 is 0 Å². The summed E-state index contributed by atoms with van der Waals surface area (Å²) in [6.07, 6.45) is 2.79. The van der Waals surface area contributed by atoms with Gasteiger partial charge in [0.15, 0.2) is 0 Å². The lowest BCUT2D eigenvalue weighted by molar-refractivity contribution is -0.136.